The van der Waals surface area contributed by atoms with Crippen molar-refractivity contribution in [3.8, 4) is 5.75 Å². The minimum Gasteiger partial charge on any atom is -0.484 e. The molecular weight excluding hydrogens is 288 g/mol. The maximum absolute atomic E-state index is 11.7. The fraction of sp³-hybridized carbons (Fsp3) is 0.0667. The molecule has 2 aromatic carbocycles. The Morgan fingerprint density at radius 3 is 2.27 bits per heavy atom. The van der Waals surface area contributed by atoms with Gasteiger partial charge in [-0.15, -0.1) is 0 Å². The first-order valence-corrected chi connectivity index (χ1v) is 6.33. The van der Waals surface area contributed by atoms with E-state index in [0.29, 0.717) is 11.3 Å². The van der Waals surface area contributed by atoms with Gasteiger partial charge in [-0.1, -0.05) is 18.2 Å². The van der Waals surface area contributed by atoms with Crippen LogP contribution in [0.3, 0.4) is 0 Å². The molecule has 112 valence electrons. The number of rotatable bonds is 5. The summed E-state index contributed by atoms with van der Waals surface area (Å²) in [5.41, 5.74) is 0.294. The summed E-state index contributed by atoms with van der Waals surface area (Å²) < 4.78 is 5.15. The molecule has 0 unspecified atom stereocenters. The monoisotopic (exact) mass is 300 g/mol. The molecule has 22 heavy (non-hydrogen) atoms. The average Bonchev–Trinajstić information content (AvgIpc) is 2.54. The first-order chi connectivity index (χ1) is 10.6. The van der Waals surface area contributed by atoms with Gasteiger partial charge in [-0.05, 0) is 24.3 Å². The third-order valence-electron chi connectivity index (χ3n) is 2.71. The van der Waals surface area contributed by atoms with Gasteiger partial charge in [0.05, 0.1) is 4.92 Å². The average molecular weight is 300 g/mol. The highest BCUT2D eigenvalue weighted by Crippen LogP contribution is 2.17. The third kappa shape index (κ3) is 4.14. The van der Waals surface area contributed by atoms with Crippen LogP contribution in [0.15, 0.2) is 54.6 Å². The highest BCUT2D eigenvalue weighted by Gasteiger charge is 2.11. The van der Waals surface area contributed by atoms with Crippen LogP contribution in [0.5, 0.6) is 5.75 Å². The largest absolute Gasteiger partial charge is 0.484 e. The standard InChI is InChI=1S/C15H12N2O5/c18-14(16-15(19)11-4-2-1-3-5-11)10-22-13-8-6-12(7-9-13)17(20)21/h1-9H,10H2,(H,16,18,19). The van der Waals surface area contributed by atoms with Crippen molar-refractivity contribution >= 4 is 17.5 Å². The summed E-state index contributed by atoms with van der Waals surface area (Å²) in [6, 6.07) is 13.6. The number of nitro benzene ring substituents is 1. The number of benzene rings is 2. The van der Waals surface area contributed by atoms with Crippen LogP contribution in [0.4, 0.5) is 5.69 Å². The van der Waals surface area contributed by atoms with Crippen molar-refractivity contribution in [3.63, 3.8) is 0 Å². The fourth-order valence-corrected chi connectivity index (χ4v) is 1.64. The Labute approximate surface area is 125 Å². The van der Waals surface area contributed by atoms with E-state index < -0.39 is 16.7 Å². The van der Waals surface area contributed by atoms with Gasteiger partial charge in [-0.3, -0.25) is 25.0 Å². The summed E-state index contributed by atoms with van der Waals surface area (Å²) in [6.45, 7) is -0.365. The maximum atomic E-state index is 11.7. The molecule has 0 aliphatic carbocycles. The van der Waals surface area contributed by atoms with E-state index in [1.807, 2.05) is 0 Å². The molecule has 7 heteroatoms. The zero-order valence-electron chi connectivity index (χ0n) is 11.4. The summed E-state index contributed by atoms with van der Waals surface area (Å²) in [7, 11) is 0. The lowest BCUT2D eigenvalue weighted by Gasteiger charge is -2.06. The van der Waals surface area contributed by atoms with Gasteiger partial charge in [0.2, 0.25) is 0 Å². The van der Waals surface area contributed by atoms with Crippen molar-refractivity contribution in [1.29, 1.82) is 0 Å². The van der Waals surface area contributed by atoms with Gasteiger partial charge in [-0.25, -0.2) is 0 Å². The van der Waals surface area contributed by atoms with Gasteiger partial charge in [0.25, 0.3) is 17.5 Å². The predicted octanol–water partition coefficient (Wildman–Crippen LogP) is 1.93. The summed E-state index contributed by atoms with van der Waals surface area (Å²) in [5, 5.41) is 12.7. The number of nitrogens with one attached hydrogen (secondary N) is 1. The number of ether oxygens (including phenoxy) is 1. The lowest BCUT2D eigenvalue weighted by atomic mass is 10.2. The normalized spacial score (nSPS) is 9.82. The number of carbonyl (C=O) groups is 2. The lowest BCUT2D eigenvalue weighted by Crippen LogP contribution is -2.34. The molecule has 0 atom stereocenters. The quantitative estimate of drug-likeness (QED) is 0.672. The van der Waals surface area contributed by atoms with E-state index in [2.05, 4.69) is 5.32 Å². The van der Waals surface area contributed by atoms with Crippen molar-refractivity contribution in [2.24, 2.45) is 0 Å². The second-order valence-corrected chi connectivity index (χ2v) is 4.28. The van der Waals surface area contributed by atoms with E-state index in [0.717, 1.165) is 0 Å². The number of non-ortho nitro benzene ring substituents is 1. The number of carbonyl (C=O) groups excluding carboxylic acids is 2. The van der Waals surface area contributed by atoms with Crippen molar-refractivity contribution in [1.82, 2.24) is 5.32 Å². The van der Waals surface area contributed by atoms with E-state index in [-0.39, 0.29) is 12.3 Å². The highest BCUT2D eigenvalue weighted by atomic mass is 16.6. The maximum Gasteiger partial charge on any atom is 0.269 e. The molecule has 2 amide bonds. The lowest BCUT2D eigenvalue weighted by molar-refractivity contribution is -0.384. The SMILES string of the molecule is O=C(COc1ccc([N+](=O)[O-])cc1)NC(=O)c1ccccc1. The number of nitrogens with zero attached hydrogens (tertiary/aromatic N) is 1. The van der Waals surface area contributed by atoms with Crippen LogP contribution in [0.25, 0.3) is 0 Å². The van der Waals surface area contributed by atoms with Crippen LogP contribution >= 0.6 is 0 Å². The third-order valence-corrected chi connectivity index (χ3v) is 2.71. The van der Waals surface area contributed by atoms with Crippen molar-refractivity contribution < 1.29 is 19.2 Å². The van der Waals surface area contributed by atoms with E-state index in [4.69, 9.17) is 4.74 Å². The van der Waals surface area contributed by atoms with E-state index in [9.17, 15) is 19.7 Å². The Balaban J connectivity index is 1.85. The summed E-state index contributed by atoms with van der Waals surface area (Å²) in [4.78, 5) is 33.3. The van der Waals surface area contributed by atoms with Gasteiger partial charge >= 0.3 is 0 Å². The fourth-order valence-electron chi connectivity index (χ4n) is 1.64. The number of amides is 2. The molecule has 0 bridgehead atoms. The molecule has 0 aliphatic rings. The summed E-state index contributed by atoms with van der Waals surface area (Å²) in [6.07, 6.45) is 0. The first kappa shape index (κ1) is 15.2. The molecule has 0 fully saturated rings. The van der Waals surface area contributed by atoms with Crippen molar-refractivity contribution in [2.75, 3.05) is 6.61 Å². The van der Waals surface area contributed by atoms with Gasteiger partial charge in [0, 0.05) is 17.7 Å². The molecule has 7 nitrogen and oxygen atoms in total. The van der Waals surface area contributed by atoms with Gasteiger partial charge in [0.1, 0.15) is 5.75 Å². The molecule has 1 N–H and O–H groups in total. The molecule has 0 aromatic heterocycles. The molecule has 0 heterocycles. The summed E-state index contributed by atoms with van der Waals surface area (Å²) >= 11 is 0. The number of hydrogen-bond donors (Lipinski definition) is 1. The Hall–Kier alpha value is -3.22. The first-order valence-electron chi connectivity index (χ1n) is 6.33. The number of nitro groups is 1. The van der Waals surface area contributed by atoms with Gasteiger partial charge in [-0.2, -0.15) is 0 Å². The second kappa shape index (κ2) is 6.98. The van der Waals surface area contributed by atoms with E-state index in [1.165, 1.54) is 24.3 Å². The minimum absolute atomic E-state index is 0.0731. The molecular formula is C15H12N2O5. The molecule has 0 saturated heterocycles. The molecule has 2 rings (SSSR count). The van der Waals surface area contributed by atoms with Crippen molar-refractivity contribution in [2.45, 2.75) is 0 Å². The van der Waals surface area contributed by atoms with Gasteiger partial charge < -0.3 is 4.74 Å². The van der Waals surface area contributed by atoms with Crippen LogP contribution in [0.2, 0.25) is 0 Å². The van der Waals surface area contributed by atoms with Crippen molar-refractivity contribution in [3.05, 3.63) is 70.3 Å². The molecule has 0 radical (unpaired) electrons. The Bertz CT molecular complexity index is 683. The minimum atomic E-state index is -0.604. The van der Waals surface area contributed by atoms with Crippen LogP contribution in [-0.4, -0.2) is 23.3 Å². The Morgan fingerprint density at radius 1 is 1.05 bits per heavy atom. The zero-order chi connectivity index (χ0) is 15.9. The molecule has 0 saturated carbocycles. The highest BCUT2D eigenvalue weighted by molar-refractivity contribution is 6.05. The second-order valence-electron chi connectivity index (χ2n) is 4.28. The van der Waals surface area contributed by atoms with Gasteiger partial charge in [0.15, 0.2) is 6.61 Å². The van der Waals surface area contributed by atoms with Crippen LogP contribution < -0.4 is 10.1 Å². The molecule has 2 aromatic rings. The van der Waals surface area contributed by atoms with E-state index in [1.54, 1.807) is 30.3 Å². The Kier molecular flexibility index (Phi) is 4.81. The molecule has 0 spiro atoms. The Morgan fingerprint density at radius 2 is 1.68 bits per heavy atom. The van der Waals surface area contributed by atoms with Crippen LogP contribution in [-0.2, 0) is 4.79 Å². The van der Waals surface area contributed by atoms with Crippen LogP contribution in [0, 0.1) is 10.1 Å². The van der Waals surface area contributed by atoms with E-state index >= 15 is 0 Å². The number of hydrogen-bond acceptors (Lipinski definition) is 5. The molecule has 0 aliphatic heterocycles. The predicted molar refractivity (Wildman–Crippen MR) is 77.5 cm³/mol. The number of imide groups is 1. The van der Waals surface area contributed by atoms with Crippen LogP contribution in [0.1, 0.15) is 10.4 Å². The smallest absolute Gasteiger partial charge is 0.269 e. The topological polar surface area (TPSA) is 98.5 Å². The summed E-state index contributed by atoms with van der Waals surface area (Å²) in [5.74, 6) is -0.821. The zero-order valence-corrected chi connectivity index (χ0v) is 11.4.